The van der Waals surface area contributed by atoms with Gasteiger partial charge in [0.2, 0.25) is 0 Å². The number of fused-ring (bicyclic) bond motifs is 1. The molecule has 1 N–H and O–H groups in total. The minimum atomic E-state index is 0.665. The Hall–Kier alpha value is -2.01. The van der Waals surface area contributed by atoms with Gasteiger partial charge in [0.15, 0.2) is 0 Å². The Morgan fingerprint density at radius 1 is 1.25 bits per heavy atom. The van der Waals surface area contributed by atoms with Crippen molar-refractivity contribution in [3.05, 3.63) is 47.1 Å². The molecule has 0 amide bonds. The highest BCUT2D eigenvalue weighted by Crippen LogP contribution is 2.16. The van der Waals surface area contributed by atoms with E-state index in [1.165, 1.54) is 0 Å². The summed E-state index contributed by atoms with van der Waals surface area (Å²) in [5, 5.41) is 8.50. The second-order valence-corrected chi connectivity index (χ2v) is 5.15. The topological polar surface area (TPSA) is 47.2 Å². The molecule has 0 aliphatic carbocycles. The van der Waals surface area contributed by atoms with Crippen LogP contribution < -0.4 is 5.32 Å². The van der Waals surface area contributed by atoms with Crippen LogP contribution in [0.4, 0.5) is 5.69 Å². The fraction of sp³-hybridized carbons (Fsp3) is 0.286. The number of hydrogen-bond donors (Lipinski definition) is 1. The molecule has 20 heavy (non-hydrogen) atoms. The van der Waals surface area contributed by atoms with Gasteiger partial charge in [-0.05, 0) is 18.6 Å². The standard InChI is InChI=1S/C14H16ClN5/c1-3-12-13(9-19(2)18-12)16-6-11-8-20-7-10(15)4-5-14(20)17-11/h4-5,7-9,16H,3,6H2,1-2H3. The predicted molar refractivity (Wildman–Crippen MR) is 80.1 cm³/mol. The van der Waals surface area contributed by atoms with Gasteiger partial charge in [-0.15, -0.1) is 0 Å². The Bertz CT molecular complexity index is 743. The van der Waals surface area contributed by atoms with Crippen LogP contribution in [0.1, 0.15) is 18.3 Å². The minimum absolute atomic E-state index is 0.665. The number of halogens is 1. The molecule has 6 heteroatoms. The molecular weight excluding hydrogens is 274 g/mol. The first-order valence-corrected chi connectivity index (χ1v) is 6.93. The van der Waals surface area contributed by atoms with Crippen LogP contribution in [0.3, 0.4) is 0 Å². The number of aryl methyl sites for hydroxylation is 2. The van der Waals surface area contributed by atoms with E-state index in [1.807, 2.05) is 46.9 Å². The summed E-state index contributed by atoms with van der Waals surface area (Å²) in [4.78, 5) is 4.55. The molecule has 104 valence electrons. The van der Waals surface area contributed by atoms with Crippen molar-refractivity contribution in [1.82, 2.24) is 19.2 Å². The number of aromatic nitrogens is 4. The number of nitrogens with zero attached hydrogens (tertiary/aromatic N) is 4. The maximum absolute atomic E-state index is 5.97. The summed E-state index contributed by atoms with van der Waals surface area (Å²) in [6, 6.07) is 3.75. The fourth-order valence-corrected chi connectivity index (χ4v) is 2.40. The van der Waals surface area contributed by atoms with E-state index in [-0.39, 0.29) is 0 Å². The summed E-state index contributed by atoms with van der Waals surface area (Å²) < 4.78 is 3.76. The first-order chi connectivity index (χ1) is 9.65. The summed E-state index contributed by atoms with van der Waals surface area (Å²) in [5.41, 5.74) is 4.00. The maximum Gasteiger partial charge on any atom is 0.137 e. The monoisotopic (exact) mass is 289 g/mol. The number of hydrogen-bond acceptors (Lipinski definition) is 3. The average Bonchev–Trinajstić information content (AvgIpc) is 2.98. The average molecular weight is 290 g/mol. The van der Waals surface area contributed by atoms with Crippen LogP contribution in [0, 0.1) is 0 Å². The van der Waals surface area contributed by atoms with Gasteiger partial charge in [-0.3, -0.25) is 4.68 Å². The molecule has 0 aliphatic rings. The van der Waals surface area contributed by atoms with Gasteiger partial charge in [0.1, 0.15) is 5.65 Å². The lowest BCUT2D eigenvalue weighted by Gasteiger charge is -2.02. The highest BCUT2D eigenvalue weighted by atomic mass is 35.5. The molecule has 3 aromatic rings. The van der Waals surface area contributed by atoms with Gasteiger partial charge in [-0.1, -0.05) is 18.5 Å². The third kappa shape index (κ3) is 2.49. The summed E-state index contributed by atoms with van der Waals surface area (Å²) in [6.45, 7) is 2.76. The molecule has 0 radical (unpaired) electrons. The SMILES string of the molecule is CCc1nn(C)cc1NCc1cn2cc(Cl)ccc2n1. The van der Waals surface area contributed by atoms with Crippen molar-refractivity contribution in [3.63, 3.8) is 0 Å². The van der Waals surface area contributed by atoms with Gasteiger partial charge >= 0.3 is 0 Å². The summed E-state index contributed by atoms with van der Waals surface area (Å²) >= 11 is 5.97. The Morgan fingerprint density at radius 2 is 2.10 bits per heavy atom. The molecule has 0 aromatic carbocycles. The normalized spacial score (nSPS) is 11.2. The lowest BCUT2D eigenvalue weighted by atomic mass is 10.3. The van der Waals surface area contributed by atoms with Crippen molar-refractivity contribution < 1.29 is 0 Å². The van der Waals surface area contributed by atoms with Crippen LogP contribution in [0.15, 0.2) is 30.7 Å². The van der Waals surface area contributed by atoms with Crippen LogP contribution in [0.25, 0.3) is 5.65 Å². The molecule has 0 fully saturated rings. The number of rotatable bonds is 4. The second kappa shape index (κ2) is 5.17. The lowest BCUT2D eigenvalue weighted by Crippen LogP contribution is -2.00. The first-order valence-electron chi connectivity index (χ1n) is 6.55. The molecule has 0 spiro atoms. The molecule has 0 bridgehead atoms. The van der Waals surface area contributed by atoms with E-state index in [0.717, 1.165) is 29.1 Å². The van der Waals surface area contributed by atoms with Crippen LogP contribution in [-0.2, 0) is 20.0 Å². The third-order valence-electron chi connectivity index (χ3n) is 3.16. The first kappa shape index (κ1) is 13.0. The summed E-state index contributed by atoms with van der Waals surface area (Å²) in [7, 11) is 1.93. The Labute approximate surface area is 122 Å². The smallest absolute Gasteiger partial charge is 0.137 e. The number of anilines is 1. The van der Waals surface area contributed by atoms with E-state index >= 15 is 0 Å². The van der Waals surface area contributed by atoms with E-state index in [1.54, 1.807) is 0 Å². The highest BCUT2D eigenvalue weighted by Gasteiger charge is 2.07. The highest BCUT2D eigenvalue weighted by molar-refractivity contribution is 6.30. The largest absolute Gasteiger partial charge is 0.377 e. The van der Waals surface area contributed by atoms with E-state index in [4.69, 9.17) is 11.6 Å². The zero-order valence-corrected chi connectivity index (χ0v) is 12.2. The Kier molecular flexibility index (Phi) is 3.36. The predicted octanol–water partition coefficient (Wildman–Crippen LogP) is 2.90. The van der Waals surface area contributed by atoms with E-state index < -0.39 is 0 Å². The number of pyridine rings is 1. The van der Waals surface area contributed by atoms with Crippen molar-refractivity contribution in [2.75, 3.05) is 5.32 Å². The van der Waals surface area contributed by atoms with Crippen LogP contribution >= 0.6 is 11.6 Å². The fourth-order valence-electron chi connectivity index (χ4n) is 2.23. The van der Waals surface area contributed by atoms with Crippen molar-refractivity contribution >= 4 is 22.9 Å². The molecule has 5 nitrogen and oxygen atoms in total. The van der Waals surface area contributed by atoms with Crippen molar-refractivity contribution in [3.8, 4) is 0 Å². The van der Waals surface area contributed by atoms with Crippen molar-refractivity contribution in [2.45, 2.75) is 19.9 Å². The molecule has 0 atom stereocenters. The van der Waals surface area contributed by atoms with Crippen LogP contribution in [0.2, 0.25) is 5.02 Å². The molecule has 0 aliphatic heterocycles. The molecule has 3 rings (SSSR count). The zero-order chi connectivity index (χ0) is 14.1. The molecule has 0 unspecified atom stereocenters. The van der Waals surface area contributed by atoms with Gasteiger partial charge in [0.25, 0.3) is 0 Å². The van der Waals surface area contributed by atoms with Gasteiger partial charge in [-0.25, -0.2) is 4.98 Å². The summed E-state index contributed by atoms with van der Waals surface area (Å²) in [5.74, 6) is 0. The maximum atomic E-state index is 5.97. The van der Waals surface area contributed by atoms with Crippen molar-refractivity contribution in [1.29, 1.82) is 0 Å². The third-order valence-corrected chi connectivity index (χ3v) is 3.39. The van der Waals surface area contributed by atoms with Crippen molar-refractivity contribution in [2.24, 2.45) is 7.05 Å². The molecule has 3 aromatic heterocycles. The summed E-state index contributed by atoms with van der Waals surface area (Å²) in [6.07, 6.45) is 6.74. The molecule has 0 saturated heterocycles. The van der Waals surface area contributed by atoms with Gasteiger partial charge in [0, 0.05) is 25.6 Å². The van der Waals surface area contributed by atoms with Crippen LogP contribution in [0.5, 0.6) is 0 Å². The Balaban J connectivity index is 1.79. The zero-order valence-electron chi connectivity index (χ0n) is 11.5. The molecular formula is C14H16ClN5. The lowest BCUT2D eigenvalue weighted by molar-refractivity contribution is 0.746. The Morgan fingerprint density at radius 3 is 2.90 bits per heavy atom. The van der Waals surface area contributed by atoms with Crippen LogP contribution in [-0.4, -0.2) is 19.2 Å². The van der Waals surface area contributed by atoms with Gasteiger partial charge in [-0.2, -0.15) is 5.10 Å². The quantitative estimate of drug-likeness (QED) is 0.803. The van der Waals surface area contributed by atoms with Gasteiger partial charge < -0.3 is 9.72 Å². The molecule has 0 saturated carbocycles. The van der Waals surface area contributed by atoms with E-state index in [2.05, 4.69) is 22.3 Å². The van der Waals surface area contributed by atoms with E-state index in [9.17, 15) is 0 Å². The number of imidazole rings is 1. The minimum Gasteiger partial charge on any atom is -0.377 e. The van der Waals surface area contributed by atoms with E-state index in [0.29, 0.717) is 11.6 Å². The second-order valence-electron chi connectivity index (χ2n) is 4.72. The van der Waals surface area contributed by atoms with Gasteiger partial charge in [0.05, 0.1) is 28.6 Å². The number of nitrogens with one attached hydrogen (secondary N) is 1. The molecule has 3 heterocycles.